The van der Waals surface area contributed by atoms with Gasteiger partial charge in [-0.25, -0.2) is 4.79 Å². The van der Waals surface area contributed by atoms with Gasteiger partial charge in [-0.05, 0) is 43.4 Å². The molecule has 6 nitrogen and oxygen atoms in total. The Morgan fingerprint density at radius 1 is 1.16 bits per heavy atom. The zero-order valence-corrected chi connectivity index (χ0v) is 10.9. The van der Waals surface area contributed by atoms with E-state index in [0.29, 0.717) is 12.0 Å². The highest BCUT2D eigenvalue weighted by Gasteiger charge is 2.53. The maximum absolute atomic E-state index is 11.5. The van der Waals surface area contributed by atoms with Gasteiger partial charge in [0.05, 0.1) is 0 Å². The van der Waals surface area contributed by atoms with Gasteiger partial charge in [0, 0.05) is 19.4 Å². The molecule has 0 bridgehead atoms. The lowest BCUT2D eigenvalue weighted by atomic mass is 10.0. The molecule has 2 aliphatic carbocycles. The Balaban J connectivity index is 1.58. The van der Waals surface area contributed by atoms with E-state index >= 15 is 0 Å². The fourth-order valence-electron chi connectivity index (χ4n) is 2.48. The first kappa shape index (κ1) is 13.8. The predicted molar refractivity (Wildman–Crippen MR) is 67.4 cm³/mol. The fourth-order valence-corrected chi connectivity index (χ4v) is 2.48. The number of carbonyl (C=O) groups excluding carboxylic acids is 2. The van der Waals surface area contributed by atoms with Crippen LogP contribution in [0.5, 0.6) is 0 Å². The molecule has 0 aromatic rings. The standard InChI is InChI=1S/C13H20N2O4/c16-10(2-1-3-11(17)18)15-12(19)14-8-13(6-7-13)9-4-5-9/h9H,1-8H2,(H,17,18)(H2,14,15,16,19). The lowest BCUT2D eigenvalue weighted by Crippen LogP contribution is -2.42. The number of carbonyl (C=O) groups is 3. The summed E-state index contributed by atoms with van der Waals surface area (Å²) < 4.78 is 0. The summed E-state index contributed by atoms with van der Waals surface area (Å²) in [6.07, 6.45) is 5.12. The van der Waals surface area contributed by atoms with Crippen LogP contribution >= 0.6 is 0 Å². The largest absolute Gasteiger partial charge is 0.481 e. The third-order valence-corrected chi connectivity index (χ3v) is 3.98. The van der Waals surface area contributed by atoms with Crippen LogP contribution in [0.2, 0.25) is 0 Å². The van der Waals surface area contributed by atoms with Crippen molar-refractivity contribution in [2.45, 2.75) is 44.9 Å². The van der Waals surface area contributed by atoms with E-state index in [2.05, 4.69) is 10.6 Å². The molecule has 2 aliphatic rings. The van der Waals surface area contributed by atoms with Gasteiger partial charge in [-0.1, -0.05) is 0 Å². The first-order valence-corrected chi connectivity index (χ1v) is 6.81. The van der Waals surface area contributed by atoms with Gasteiger partial charge in [-0.3, -0.25) is 14.9 Å². The van der Waals surface area contributed by atoms with Crippen LogP contribution in [0, 0.1) is 11.3 Å². The van der Waals surface area contributed by atoms with Crippen molar-refractivity contribution in [3.8, 4) is 0 Å². The van der Waals surface area contributed by atoms with Crippen molar-refractivity contribution < 1.29 is 19.5 Å². The third kappa shape index (κ3) is 4.22. The van der Waals surface area contributed by atoms with Gasteiger partial charge in [0.2, 0.25) is 5.91 Å². The van der Waals surface area contributed by atoms with E-state index in [9.17, 15) is 14.4 Å². The molecule has 19 heavy (non-hydrogen) atoms. The number of carboxylic acids is 1. The molecule has 6 heteroatoms. The maximum atomic E-state index is 11.5. The molecule has 2 saturated carbocycles. The number of rotatable bonds is 7. The predicted octanol–water partition coefficient (Wildman–Crippen LogP) is 1.26. The van der Waals surface area contributed by atoms with Gasteiger partial charge >= 0.3 is 12.0 Å². The number of carboxylic acid groups (broad SMARTS) is 1. The molecule has 0 spiro atoms. The van der Waals surface area contributed by atoms with Crippen LogP contribution in [0.1, 0.15) is 44.9 Å². The average molecular weight is 268 g/mol. The quantitative estimate of drug-likeness (QED) is 0.647. The smallest absolute Gasteiger partial charge is 0.321 e. The second-order valence-corrected chi connectivity index (χ2v) is 5.61. The highest BCUT2D eigenvalue weighted by Crippen LogP contribution is 2.60. The first-order chi connectivity index (χ1) is 9.02. The van der Waals surface area contributed by atoms with Crippen molar-refractivity contribution in [2.24, 2.45) is 11.3 Å². The Kier molecular flexibility index (Phi) is 4.07. The summed E-state index contributed by atoms with van der Waals surface area (Å²) >= 11 is 0. The number of aliphatic carboxylic acids is 1. The highest BCUT2D eigenvalue weighted by molar-refractivity contribution is 5.94. The zero-order valence-electron chi connectivity index (χ0n) is 10.9. The van der Waals surface area contributed by atoms with Crippen molar-refractivity contribution in [3.63, 3.8) is 0 Å². The number of nitrogens with one attached hydrogen (secondary N) is 2. The van der Waals surface area contributed by atoms with Crippen LogP contribution in [-0.4, -0.2) is 29.6 Å². The molecule has 2 rings (SSSR count). The molecule has 0 saturated heterocycles. The molecular formula is C13H20N2O4. The molecular weight excluding hydrogens is 248 g/mol. The lowest BCUT2D eigenvalue weighted by Gasteiger charge is -2.14. The van der Waals surface area contributed by atoms with E-state index in [1.54, 1.807) is 0 Å². The summed E-state index contributed by atoms with van der Waals surface area (Å²) in [6.45, 7) is 0.645. The molecule has 0 heterocycles. The van der Waals surface area contributed by atoms with Gasteiger partial charge in [0.25, 0.3) is 0 Å². The van der Waals surface area contributed by atoms with Crippen LogP contribution in [0.3, 0.4) is 0 Å². The Hall–Kier alpha value is -1.59. The van der Waals surface area contributed by atoms with E-state index in [4.69, 9.17) is 5.11 Å². The minimum Gasteiger partial charge on any atom is -0.481 e. The van der Waals surface area contributed by atoms with Crippen molar-refractivity contribution in [1.29, 1.82) is 0 Å². The minimum atomic E-state index is -0.933. The monoisotopic (exact) mass is 268 g/mol. The topological polar surface area (TPSA) is 95.5 Å². The molecule has 0 aromatic carbocycles. The van der Waals surface area contributed by atoms with Crippen LogP contribution in [0.25, 0.3) is 0 Å². The molecule has 0 aromatic heterocycles. The van der Waals surface area contributed by atoms with E-state index in [1.165, 1.54) is 25.7 Å². The third-order valence-electron chi connectivity index (χ3n) is 3.98. The summed E-state index contributed by atoms with van der Waals surface area (Å²) in [6, 6.07) is -0.466. The molecule has 0 unspecified atom stereocenters. The average Bonchev–Trinajstić information content (AvgIpc) is 3.18. The molecule has 106 valence electrons. The van der Waals surface area contributed by atoms with Gasteiger partial charge in [-0.2, -0.15) is 0 Å². The number of imide groups is 1. The Morgan fingerprint density at radius 2 is 1.84 bits per heavy atom. The molecule has 0 radical (unpaired) electrons. The number of amides is 3. The van der Waals surface area contributed by atoms with Crippen molar-refractivity contribution in [2.75, 3.05) is 6.54 Å². The summed E-state index contributed by atoms with van der Waals surface area (Å²) in [7, 11) is 0. The normalized spacial score (nSPS) is 19.6. The van der Waals surface area contributed by atoms with Crippen LogP contribution < -0.4 is 10.6 Å². The Labute approximate surface area is 111 Å². The van der Waals surface area contributed by atoms with Crippen LogP contribution in [0.15, 0.2) is 0 Å². The Morgan fingerprint density at radius 3 is 2.37 bits per heavy atom. The SMILES string of the molecule is O=C(O)CCCC(=O)NC(=O)NCC1(C2CC2)CC1. The Bertz CT molecular complexity index is 386. The minimum absolute atomic E-state index is 0.0557. The van der Waals surface area contributed by atoms with E-state index in [1.807, 2.05) is 0 Å². The van der Waals surface area contributed by atoms with Crippen LogP contribution in [0.4, 0.5) is 4.79 Å². The highest BCUT2D eigenvalue weighted by atomic mass is 16.4. The lowest BCUT2D eigenvalue weighted by molar-refractivity contribution is -0.137. The zero-order chi connectivity index (χ0) is 13.9. The van der Waals surface area contributed by atoms with Gasteiger partial charge in [-0.15, -0.1) is 0 Å². The van der Waals surface area contributed by atoms with Crippen LogP contribution in [-0.2, 0) is 9.59 Å². The first-order valence-electron chi connectivity index (χ1n) is 6.81. The second kappa shape index (κ2) is 5.59. The maximum Gasteiger partial charge on any atom is 0.321 e. The summed E-state index contributed by atoms with van der Waals surface area (Å²) in [5.74, 6) is -0.591. The van der Waals surface area contributed by atoms with Crippen molar-refractivity contribution in [1.82, 2.24) is 10.6 Å². The van der Waals surface area contributed by atoms with Gasteiger partial charge in [0.1, 0.15) is 0 Å². The van der Waals surface area contributed by atoms with Gasteiger partial charge in [0.15, 0.2) is 0 Å². The second-order valence-electron chi connectivity index (χ2n) is 5.61. The summed E-state index contributed by atoms with van der Waals surface area (Å²) in [4.78, 5) is 33.1. The molecule has 0 aliphatic heterocycles. The van der Waals surface area contributed by atoms with E-state index in [-0.39, 0.29) is 19.3 Å². The van der Waals surface area contributed by atoms with Crippen molar-refractivity contribution in [3.05, 3.63) is 0 Å². The molecule has 2 fully saturated rings. The summed E-state index contributed by atoms with van der Waals surface area (Å²) in [5, 5.41) is 13.4. The van der Waals surface area contributed by atoms with Gasteiger partial charge < -0.3 is 10.4 Å². The number of urea groups is 1. The number of hydrogen-bond donors (Lipinski definition) is 3. The van der Waals surface area contributed by atoms with Crippen molar-refractivity contribution >= 4 is 17.9 Å². The van der Waals surface area contributed by atoms with E-state index in [0.717, 1.165) is 5.92 Å². The molecule has 3 amide bonds. The molecule has 3 N–H and O–H groups in total. The van der Waals surface area contributed by atoms with E-state index < -0.39 is 17.9 Å². The molecule has 0 atom stereocenters. The number of hydrogen-bond acceptors (Lipinski definition) is 3. The summed E-state index contributed by atoms with van der Waals surface area (Å²) in [5.41, 5.74) is 0.309. The fraction of sp³-hybridized carbons (Fsp3) is 0.769.